The lowest BCUT2D eigenvalue weighted by atomic mass is 10.1. The molecule has 29 heavy (non-hydrogen) atoms. The third-order valence-electron chi connectivity index (χ3n) is 4.53. The molecule has 1 aromatic heterocycles. The summed E-state index contributed by atoms with van der Waals surface area (Å²) < 4.78 is 10.6. The number of benzene rings is 3. The average Bonchev–Trinajstić information content (AvgIpc) is 2.77. The average molecular weight is 383 g/mol. The first-order valence-corrected chi connectivity index (χ1v) is 9.02. The summed E-state index contributed by atoms with van der Waals surface area (Å²) in [5.74, 6) is -0.509. The van der Waals surface area contributed by atoms with Crippen LogP contribution in [0.3, 0.4) is 0 Å². The Morgan fingerprint density at radius 2 is 1.76 bits per heavy atom. The number of esters is 2. The van der Waals surface area contributed by atoms with Crippen LogP contribution in [-0.4, -0.2) is 16.9 Å². The SMILES string of the molecule is C=CC(=O)Oc1ccc2cc(C(=O)OCc3ccnc4ccccc34)ccc2c1. The van der Waals surface area contributed by atoms with Gasteiger partial charge in [0.25, 0.3) is 0 Å². The molecule has 0 amide bonds. The lowest BCUT2D eigenvalue weighted by Crippen LogP contribution is -2.06. The molecule has 0 N–H and O–H groups in total. The van der Waals surface area contributed by atoms with Crippen molar-refractivity contribution in [1.29, 1.82) is 0 Å². The topological polar surface area (TPSA) is 65.5 Å². The highest BCUT2D eigenvalue weighted by Crippen LogP contribution is 2.23. The molecule has 0 saturated carbocycles. The molecule has 142 valence electrons. The number of carbonyl (C=O) groups excluding carboxylic acids is 2. The van der Waals surface area contributed by atoms with Gasteiger partial charge in [-0.15, -0.1) is 0 Å². The smallest absolute Gasteiger partial charge is 0.338 e. The number of nitrogens with zero attached hydrogens (tertiary/aromatic N) is 1. The summed E-state index contributed by atoms with van der Waals surface area (Å²) >= 11 is 0. The Labute approximate surface area is 167 Å². The third kappa shape index (κ3) is 3.99. The van der Waals surface area contributed by atoms with E-state index in [-0.39, 0.29) is 6.61 Å². The summed E-state index contributed by atoms with van der Waals surface area (Å²) in [5, 5.41) is 2.64. The van der Waals surface area contributed by atoms with E-state index in [4.69, 9.17) is 9.47 Å². The Morgan fingerprint density at radius 1 is 0.966 bits per heavy atom. The molecule has 4 rings (SSSR count). The van der Waals surface area contributed by atoms with Crippen molar-refractivity contribution < 1.29 is 19.1 Å². The summed E-state index contributed by atoms with van der Waals surface area (Å²) in [6.07, 6.45) is 2.81. The predicted octanol–water partition coefficient (Wildman–Crippen LogP) is 4.84. The van der Waals surface area contributed by atoms with Crippen LogP contribution in [-0.2, 0) is 16.1 Å². The lowest BCUT2D eigenvalue weighted by Gasteiger charge is -2.09. The number of fused-ring (bicyclic) bond motifs is 2. The van der Waals surface area contributed by atoms with E-state index in [1.807, 2.05) is 30.3 Å². The number of hydrogen-bond acceptors (Lipinski definition) is 5. The third-order valence-corrected chi connectivity index (χ3v) is 4.53. The van der Waals surface area contributed by atoms with Crippen LogP contribution in [0.1, 0.15) is 15.9 Å². The van der Waals surface area contributed by atoms with Gasteiger partial charge in [-0.2, -0.15) is 0 Å². The number of para-hydroxylation sites is 1. The van der Waals surface area contributed by atoms with Crippen LogP contribution >= 0.6 is 0 Å². The second-order valence-electron chi connectivity index (χ2n) is 6.41. The van der Waals surface area contributed by atoms with Gasteiger partial charge in [-0.25, -0.2) is 9.59 Å². The molecule has 0 atom stereocenters. The van der Waals surface area contributed by atoms with Gasteiger partial charge in [0.05, 0.1) is 11.1 Å². The van der Waals surface area contributed by atoms with Crippen molar-refractivity contribution in [3.05, 3.63) is 96.7 Å². The zero-order valence-corrected chi connectivity index (χ0v) is 15.5. The molecule has 0 bridgehead atoms. The van der Waals surface area contributed by atoms with Crippen LogP contribution in [0.5, 0.6) is 5.75 Å². The van der Waals surface area contributed by atoms with Gasteiger partial charge < -0.3 is 9.47 Å². The van der Waals surface area contributed by atoms with Crippen LogP contribution in [0.25, 0.3) is 21.7 Å². The molecule has 0 spiro atoms. The van der Waals surface area contributed by atoms with Crippen LogP contribution in [0.4, 0.5) is 0 Å². The molecule has 3 aromatic carbocycles. The largest absolute Gasteiger partial charge is 0.457 e. The standard InChI is InChI=1S/C24H17NO4/c1-2-23(26)29-20-10-9-16-13-18(8-7-17(16)14-20)24(27)28-15-19-11-12-25-22-6-4-3-5-21(19)22/h2-14H,1,15H2. The second-order valence-corrected chi connectivity index (χ2v) is 6.41. The van der Waals surface area contributed by atoms with Gasteiger partial charge in [-0.1, -0.05) is 36.9 Å². The van der Waals surface area contributed by atoms with Gasteiger partial charge in [-0.3, -0.25) is 4.98 Å². The van der Waals surface area contributed by atoms with Gasteiger partial charge in [-0.05, 0) is 47.2 Å². The fraction of sp³-hybridized carbons (Fsp3) is 0.0417. The maximum Gasteiger partial charge on any atom is 0.338 e. The Kier molecular flexibility index (Phi) is 5.03. The summed E-state index contributed by atoms with van der Waals surface area (Å²) in [6.45, 7) is 3.54. The first kappa shape index (κ1) is 18.4. The molecule has 0 aliphatic heterocycles. The second kappa shape index (κ2) is 7.94. The van der Waals surface area contributed by atoms with E-state index in [0.29, 0.717) is 11.3 Å². The van der Waals surface area contributed by atoms with Crippen LogP contribution in [0.2, 0.25) is 0 Å². The molecule has 0 unspecified atom stereocenters. The molecule has 0 radical (unpaired) electrons. The zero-order chi connectivity index (χ0) is 20.2. The minimum Gasteiger partial charge on any atom is -0.457 e. The molecular weight excluding hydrogens is 366 g/mol. The minimum absolute atomic E-state index is 0.163. The van der Waals surface area contributed by atoms with Crippen molar-refractivity contribution in [3.63, 3.8) is 0 Å². The van der Waals surface area contributed by atoms with E-state index in [1.54, 1.807) is 42.6 Å². The van der Waals surface area contributed by atoms with Gasteiger partial charge in [0.1, 0.15) is 12.4 Å². The maximum atomic E-state index is 12.5. The molecule has 5 heteroatoms. The van der Waals surface area contributed by atoms with Gasteiger partial charge in [0.15, 0.2) is 0 Å². The summed E-state index contributed by atoms with van der Waals surface area (Å²) in [6, 6.07) is 20.0. The number of pyridine rings is 1. The summed E-state index contributed by atoms with van der Waals surface area (Å²) in [7, 11) is 0. The fourth-order valence-electron chi connectivity index (χ4n) is 3.08. The highest BCUT2D eigenvalue weighted by Gasteiger charge is 2.11. The zero-order valence-electron chi connectivity index (χ0n) is 15.5. The van der Waals surface area contributed by atoms with Gasteiger partial charge in [0.2, 0.25) is 0 Å². The normalized spacial score (nSPS) is 10.6. The molecular formula is C24H17NO4. The molecule has 1 heterocycles. The van der Waals surface area contributed by atoms with Crippen molar-refractivity contribution in [2.45, 2.75) is 6.61 Å². The molecule has 0 aliphatic carbocycles. The molecule has 0 saturated heterocycles. The van der Waals surface area contributed by atoms with E-state index < -0.39 is 11.9 Å². The number of aromatic nitrogens is 1. The Morgan fingerprint density at radius 3 is 2.62 bits per heavy atom. The minimum atomic E-state index is -0.520. The Hall–Kier alpha value is -3.99. The van der Waals surface area contributed by atoms with Gasteiger partial charge >= 0.3 is 11.9 Å². The predicted molar refractivity (Wildman–Crippen MR) is 111 cm³/mol. The fourth-order valence-corrected chi connectivity index (χ4v) is 3.08. The maximum absolute atomic E-state index is 12.5. The number of hydrogen-bond donors (Lipinski definition) is 0. The van der Waals surface area contributed by atoms with Crippen molar-refractivity contribution in [1.82, 2.24) is 4.98 Å². The Bertz CT molecular complexity index is 1240. The van der Waals surface area contributed by atoms with E-state index in [2.05, 4.69) is 11.6 Å². The number of ether oxygens (including phenoxy) is 2. The van der Waals surface area contributed by atoms with E-state index >= 15 is 0 Å². The van der Waals surface area contributed by atoms with Crippen molar-refractivity contribution in [3.8, 4) is 5.75 Å². The monoisotopic (exact) mass is 383 g/mol. The molecule has 0 fully saturated rings. The van der Waals surface area contributed by atoms with Crippen LogP contribution in [0, 0.1) is 0 Å². The quantitative estimate of drug-likeness (QED) is 0.280. The van der Waals surface area contributed by atoms with E-state index in [0.717, 1.165) is 33.3 Å². The molecule has 4 aromatic rings. The highest BCUT2D eigenvalue weighted by molar-refractivity contribution is 5.96. The lowest BCUT2D eigenvalue weighted by molar-refractivity contribution is -0.128. The first-order valence-electron chi connectivity index (χ1n) is 9.02. The van der Waals surface area contributed by atoms with E-state index in [9.17, 15) is 9.59 Å². The highest BCUT2D eigenvalue weighted by atomic mass is 16.5. The van der Waals surface area contributed by atoms with Crippen molar-refractivity contribution in [2.75, 3.05) is 0 Å². The summed E-state index contributed by atoms with van der Waals surface area (Å²) in [5.41, 5.74) is 2.21. The van der Waals surface area contributed by atoms with Crippen LogP contribution in [0.15, 0.2) is 85.6 Å². The van der Waals surface area contributed by atoms with Crippen LogP contribution < -0.4 is 4.74 Å². The molecule has 5 nitrogen and oxygen atoms in total. The Balaban J connectivity index is 1.51. The molecule has 0 aliphatic rings. The van der Waals surface area contributed by atoms with E-state index in [1.165, 1.54) is 0 Å². The van der Waals surface area contributed by atoms with Crippen molar-refractivity contribution in [2.24, 2.45) is 0 Å². The number of carbonyl (C=O) groups is 2. The summed E-state index contributed by atoms with van der Waals surface area (Å²) in [4.78, 5) is 28.2. The first-order chi connectivity index (χ1) is 14.1. The van der Waals surface area contributed by atoms with Gasteiger partial charge in [0, 0.05) is 23.2 Å². The number of rotatable bonds is 5. The van der Waals surface area contributed by atoms with Crippen molar-refractivity contribution >= 4 is 33.6 Å².